The van der Waals surface area contributed by atoms with E-state index in [9.17, 15) is 9.59 Å². The summed E-state index contributed by atoms with van der Waals surface area (Å²) in [5.74, 6) is 1.30. The lowest BCUT2D eigenvalue weighted by Gasteiger charge is -2.18. The predicted octanol–water partition coefficient (Wildman–Crippen LogP) is 3.53. The Morgan fingerprint density at radius 3 is 2.76 bits per heavy atom. The number of primary amides is 1. The summed E-state index contributed by atoms with van der Waals surface area (Å²) in [6, 6.07) is 13.6. The highest BCUT2D eigenvalue weighted by molar-refractivity contribution is 8.00. The lowest BCUT2D eigenvalue weighted by Crippen LogP contribution is -2.20. The molecule has 0 spiro atoms. The number of carbonyl (C=O) groups excluding carboxylic acids is 2. The van der Waals surface area contributed by atoms with Crippen LogP contribution in [-0.4, -0.2) is 40.6 Å². The quantitative estimate of drug-likeness (QED) is 0.552. The largest absolute Gasteiger partial charge is 0.490 e. The van der Waals surface area contributed by atoms with Crippen LogP contribution in [0.25, 0.3) is 5.69 Å². The molecular weight excluding hydrogens is 440 g/mol. The molecule has 0 saturated heterocycles. The minimum Gasteiger partial charge on any atom is -0.490 e. The highest BCUT2D eigenvalue weighted by Gasteiger charge is 2.31. The topological polar surface area (TPSA) is 108 Å². The Kier molecular flexibility index (Phi) is 6.60. The van der Waals surface area contributed by atoms with Crippen LogP contribution in [0.15, 0.2) is 42.5 Å². The van der Waals surface area contributed by atoms with Crippen LogP contribution in [-0.2, 0) is 9.59 Å². The van der Waals surface area contributed by atoms with Crippen LogP contribution >= 0.6 is 11.8 Å². The molecule has 3 N–H and O–H groups in total. The van der Waals surface area contributed by atoms with Crippen molar-refractivity contribution in [2.75, 3.05) is 24.3 Å². The third-order valence-electron chi connectivity index (χ3n) is 5.19. The van der Waals surface area contributed by atoms with E-state index in [2.05, 4.69) is 5.32 Å². The molecule has 9 heteroatoms. The number of benzene rings is 2. The van der Waals surface area contributed by atoms with Crippen molar-refractivity contribution >= 4 is 29.4 Å². The number of rotatable bonds is 7. The van der Waals surface area contributed by atoms with Crippen molar-refractivity contribution in [1.29, 1.82) is 0 Å². The van der Waals surface area contributed by atoms with Gasteiger partial charge in [0, 0.05) is 5.56 Å². The van der Waals surface area contributed by atoms with Gasteiger partial charge in [0.05, 0.1) is 29.0 Å². The molecule has 2 aromatic carbocycles. The molecule has 1 aliphatic rings. The van der Waals surface area contributed by atoms with Crippen LogP contribution in [0.3, 0.4) is 0 Å². The number of nitrogens with one attached hydrogen (secondary N) is 1. The van der Waals surface area contributed by atoms with Crippen LogP contribution in [0.1, 0.15) is 34.6 Å². The maximum absolute atomic E-state index is 12.6. The lowest BCUT2D eigenvalue weighted by atomic mass is 10.0. The van der Waals surface area contributed by atoms with E-state index in [-0.39, 0.29) is 17.8 Å². The Bertz CT molecular complexity index is 1210. The first-order valence-electron chi connectivity index (χ1n) is 10.6. The Hall–Kier alpha value is -3.46. The average Bonchev–Trinajstić information content (AvgIpc) is 2.98. The van der Waals surface area contributed by atoms with Crippen LogP contribution in [0, 0.1) is 13.8 Å². The Balaban J connectivity index is 1.79. The molecular formula is C24H26N4O4S. The number of hydrogen-bond acceptors (Lipinski definition) is 6. The number of nitrogens with zero attached hydrogens (tertiary/aromatic N) is 2. The molecule has 1 atom stereocenters. The first kappa shape index (κ1) is 22.7. The van der Waals surface area contributed by atoms with E-state index >= 15 is 0 Å². The van der Waals surface area contributed by atoms with Crippen LogP contribution < -0.4 is 20.5 Å². The second-order valence-electron chi connectivity index (χ2n) is 7.73. The summed E-state index contributed by atoms with van der Waals surface area (Å²) in [5, 5.41) is 7.66. The summed E-state index contributed by atoms with van der Waals surface area (Å²) >= 11 is 1.53. The van der Waals surface area contributed by atoms with Gasteiger partial charge in [-0.1, -0.05) is 18.2 Å². The van der Waals surface area contributed by atoms with Gasteiger partial charge in [0.1, 0.15) is 5.82 Å². The Morgan fingerprint density at radius 2 is 2.03 bits per heavy atom. The molecule has 2 heterocycles. The molecule has 0 saturated carbocycles. The number of nitrogens with two attached hydrogens (primary N) is 1. The van der Waals surface area contributed by atoms with Crippen molar-refractivity contribution in [3.63, 3.8) is 0 Å². The van der Waals surface area contributed by atoms with E-state index in [0.29, 0.717) is 29.7 Å². The van der Waals surface area contributed by atoms with Crippen molar-refractivity contribution in [2.24, 2.45) is 5.73 Å². The fraction of sp³-hybridized carbons (Fsp3) is 0.292. The van der Waals surface area contributed by atoms with E-state index < -0.39 is 5.91 Å². The maximum Gasteiger partial charge on any atom is 0.255 e. The summed E-state index contributed by atoms with van der Waals surface area (Å²) in [7, 11) is 0. The molecule has 0 unspecified atom stereocenters. The molecule has 3 aromatic rings. The van der Waals surface area contributed by atoms with Crippen molar-refractivity contribution in [3.8, 4) is 17.2 Å². The summed E-state index contributed by atoms with van der Waals surface area (Å²) in [4.78, 5) is 23.7. The van der Waals surface area contributed by atoms with Gasteiger partial charge in [-0.2, -0.15) is 5.10 Å². The van der Waals surface area contributed by atoms with Gasteiger partial charge in [0.15, 0.2) is 18.1 Å². The van der Waals surface area contributed by atoms with Crippen molar-refractivity contribution in [2.45, 2.75) is 26.0 Å². The van der Waals surface area contributed by atoms with Crippen LogP contribution in [0.2, 0.25) is 0 Å². The second-order valence-corrected chi connectivity index (χ2v) is 8.83. The van der Waals surface area contributed by atoms with E-state index in [1.807, 2.05) is 57.2 Å². The number of ether oxygens (including phenoxy) is 2. The monoisotopic (exact) mass is 466 g/mol. The fourth-order valence-corrected chi connectivity index (χ4v) is 5.00. The third-order valence-corrected chi connectivity index (χ3v) is 6.46. The number of aryl methyl sites for hydroxylation is 2. The Morgan fingerprint density at radius 1 is 1.21 bits per heavy atom. The summed E-state index contributed by atoms with van der Waals surface area (Å²) < 4.78 is 13.1. The number of anilines is 1. The maximum atomic E-state index is 12.6. The molecule has 33 heavy (non-hydrogen) atoms. The van der Waals surface area contributed by atoms with Gasteiger partial charge in [-0.3, -0.25) is 9.59 Å². The zero-order valence-electron chi connectivity index (χ0n) is 18.8. The number of amides is 2. The summed E-state index contributed by atoms with van der Waals surface area (Å²) in [6.07, 6.45) is 0. The van der Waals surface area contributed by atoms with E-state index in [0.717, 1.165) is 28.1 Å². The minimum atomic E-state index is -0.561. The molecule has 0 bridgehead atoms. The number of fused-ring (bicyclic) bond motifs is 1. The SMILES string of the molecule is CCOc1cc([C@@H]2SCC(=O)Nc3c2c(C)nn3-c2cccc(C)c2)ccc1OCC(N)=O. The summed E-state index contributed by atoms with van der Waals surface area (Å²) in [5.41, 5.74) is 9.92. The second kappa shape index (κ2) is 9.58. The Labute approximate surface area is 196 Å². The highest BCUT2D eigenvalue weighted by atomic mass is 32.2. The fourth-order valence-electron chi connectivity index (χ4n) is 3.82. The smallest absolute Gasteiger partial charge is 0.255 e. The molecule has 1 aromatic heterocycles. The van der Waals surface area contributed by atoms with Gasteiger partial charge < -0.3 is 20.5 Å². The first-order valence-corrected chi connectivity index (χ1v) is 11.7. The van der Waals surface area contributed by atoms with Gasteiger partial charge in [0.25, 0.3) is 5.91 Å². The van der Waals surface area contributed by atoms with Gasteiger partial charge in [-0.25, -0.2) is 4.68 Å². The molecule has 1 aliphatic heterocycles. The van der Waals surface area contributed by atoms with Crippen molar-refractivity contribution < 1.29 is 19.1 Å². The van der Waals surface area contributed by atoms with Gasteiger partial charge in [0.2, 0.25) is 5.91 Å². The predicted molar refractivity (Wildman–Crippen MR) is 128 cm³/mol. The van der Waals surface area contributed by atoms with Gasteiger partial charge >= 0.3 is 0 Å². The molecule has 172 valence electrons. The van der Waals surface area contributed by atoms with Gasteiger partial charge in [-0.15, -0.1) is 11.8 Å². The molecule has 0 aliphatic carbocycles. The standard InChI is InChI=1S/C24H26N4O4S/c1-4-31-19-11-16(8-9-18(19)32-12-20(25)29)23-22-15(3)27-28(17-7-5-6-14(2)10-17)24(22)26-21(30)13-33-23/h5-11,23H,4,12-13H2,1-3H3,(H2,25,29)(H,26,30)/t23-/m0/s1. The third kappa shape index (κ3) is 4.83. The van der Waals surface area contributed by atoms with E-state index in [4.69, 9.17) is 20.3 Å². The number of thioether (sulfide) groups is 1. The normalized spacial score (nSPS) is 15.4. The minimum absolute atomic E-state index is 0.0796. The number of carbonyl (C=O) groups is 2. The van der Waals surface area contributed by atoms with E-state index in [1.165, 1.54) is 11.8 Å². The zero-order chi connectivity index (χ0) is 23.5. The van der Waals surface area contributed by atoms with Gasteiger partial charge in [-0.05, 0) is 56.2 Å². The average molecular weight is 467 g/mol. The van der Waals surface area contributed by atoms with Crippen molar-refractivity contribution in [3.05, 3.63) is 64.8 Å². The molecule has 0 fully saturated rings. The van der Waals surface area contributed by atoms with Crippen LogP contribution in [0.4, 0.5) is 5.82 Å². The molecule has 2 amide bonds. The number of hydrogen-bond donors (Lipinski definition) is 2. The summed E-state index contributed by atoms with van der Waals surface area (Å²) in [6.45, 7) is 6.05. The lowest BCUT2D eigenvalue weighted by molar-refractivity contribution is -0.120. The molecule has 4 rings (SSSR count). The van der Waals surface area contributed by atoms with Crippen molar-refractivity contribution in [1.82, 2.24) is 9.78 Å². The number of aromatic nitrogens is 2. The van der Waals surface area contributed by atoms with E-state index in [1.54, 1.807) is 10.7 Å². The van der Waals surface area contributed by atoms with Crippen LogP contribution in [0.5, 0.6) is 11.5 Å². The highest BCUT2D eigenvalue weighted by Crippen LogP contribution is 2.45. The zero-order valence-corrected chi connectivity index (χ0v) is 19.6. The molecule has 8 nitrogen and oxygen atoms in total. The molecule has 0 radical (unpaired) electrons. The first-order chi connectivity index (χ1) is 15.9.